The molecule has 0 bridgehead atoms. The lowest BCUT2D eigenvalue weighted by atomic mass is 10.1. The van der Waals surface area contributed by atoms with Crippen LogP contribution in [0.2, 0.25) is 0 Å². The molecule has 0 aliphatic carbocycles. The predicted molar refractivity (Wildman–Crippen MR) is 87.5 cm³/mol. The molecule has 23 heavy (non-hydrogen) atoms. The second-order valence-electron chi connectivity index (χ2n) is 5.52. The Morgan fingerprint density at radius 2 is 2.17 bits per heavy atom. The van der Waals surface area contributed by atoms with Crippen LogP contribution < -0.4 is 4.87 Å². The van der Waals surface area contributed by atoms with Crippen molar-refractivity contribution in [2.45, 2.75) is 26.6 Å². The molecule has 6 nitrogen and oxygen atoms in total. The fourth-order valence-electron chi connectivity index (χ4n) is 2.87. The summed E-state index contributed by atoms with van der Waals surface area (Å²) in [4.78, 5) is 12.3. The number of nitrogens with zero attached hydrogens (tertiary/aromatic N) is 4. The quantitative estimate of drug-likeness (QED) is 0.738. The van der Waals surface area contributed by atoms with Crippen molar-refractivity contribution in [1.82, 2.24) is 19.3 Å². The third-order valence-electron chi connectivity index (χ3n) is 4.10. The summed E-state index contributed by atoms with van der Waals surface area (Å²) < 4.78 is 9.22. The van der Waals surface area contributed by atoms with Crippen LogP contribution in [0.4, 0.5) is 0 Å². The van der Waals surface area contributed by atoms with Gasteiger partial charge in [0.2, 0.25) is 0 Å². The van der Waals surface area contributed by atoms with E-state index in [-0.39, 0.29) is 4.87 Å². The minimum atomic E-state index is 0.0210. The lowest BCUT2D eigenvalue weighted by molar-refractivity contribution is 0.0805. The number of hydrogen-bond acceptors (Lipinski definition) is 5. The normalized spacial score (nSPS) is 14.0. The van der Waals surface area contributed by atoms with Crippen molar-refractivity contribution >= 4 is 11.3 Å². The third-order valence-corrected chi connectivity index (χ3v) is 4.86. The SMILES string of the molecule is Cc1ccccc1-c1csc(=O)n1Cc1nnc2n1CCOC2. The highest BCUT2D eigenvalue weighted by Crippen LogP contribution is 2.24. The molecule has 7 heteroatoms. The fraction of sp³-hybridized carbons (Fsp3) is 0.312. The minimum absolute atomic E-state index is 0.0210. The van der Waals surface area contributed by atoms with E-state index < -0.39 is 0 Å². The molecule has 118 valence electrons. The van der Waals surface area contributed by atoms with Crippen LogP contribution in [0.15, 0.2) is 34.4 Å². The summed E-state index contributed by atoms with van der Waals surface area (Å²) in [6.45, 7) is 4.35. The highest BCUT2D eigenvalue weighted by molar-refractivity contribution is 7.07. The van der Waals surface area contributed by atoms with Gasteiger partial charge in [-0.3, -0.25) is 9.36 Å². The standard InChI is InChI=1S/C16H16N4O2S/c1-11-4-2-3-5-12(11)13-10-23-16(21)20(13)8-14-17-18-15-9-22-7-6-19(14)15/h2-5,10H,6-9H2,1H3. The summed E-state index contributed by atoms with van der Waals surface area (Å²) in [5, 5.41) is 10.3. The van der Waals surface area contributed by atoms with Crippen LogP contribution >= 0.6 is 11.3 Å². The molecule has 1 aliphatic rings. The zero-order valence-corrected chi connectivity index (χ0v) is 13.5. The number of benzene rings is 1. The summed E-state index contributed by atoms with van der Waals surface area (Å²) >= 11 is 1.22. The van der Waals surface area contributed by atoms with Crippen LogP contribution in [0.3, 0.4) is 0 Å². The molecule has 3 aromatic rings. The largest absolute Gasteiger partial charge is 0.372 e. The summed E-state index contributed by atoms with van der Waals surface area (Å²) in [6.07, 6.45) is 0. The van der Waals surface area contributed by atoms with Gasteiger partial charge in [-0.15, -0.1) is 10.2 Å². The molecular formula is C16H16N4O2S. The molecule has 0 saturated heterocycles. The van der Waals surface area contributed by atoms with Gasteiger partial charge < -0.3 is 9.30 Å². The monoisotopic (exact) mass is 328 g/mol. The van der Waals surface area contributed by atoms with Crippen LogP contribution in [0, 0.1) is 6.92 Å². The smallest absolute Gasteiger partial charge is 0.307 e. The van der Waals surface area contributed by atoms with Crippen LogP contribution in [0.1, 0.15) is 17.2 Å². The van der Waals surface area contributed by atoms with E-state index in [0.29, 0.717) is 19.8 Å². The Hall–Kier alpha value is -2.25. The summed E-state index contributed by atoms with van der Waals surface area (Å²) in [6, 6.07) is 8.09. The van der Waals surface area contributed by atoms with E-state index in [9.17, 15) is 4.79 Å². The van der Waals surface area contributed by atoms with E-state index in [1.54, 1.807) is 4.57 Å². The number of ether oxygens (including phenoxy) is 1. The first-order valence-electron chi connectivity index (χ1n) is 7.47. The summed E-state index contributed by atoms with van der Waals surface area (Å²) in [5.41, 5.74) is 3.16. The Labute approximate surface area is 137 Å². The van der Waals surface area contributed by atoms with E-state index in [2.05, 4.69) is 27.8 Å². The predicted octanol–water partition coefficient (Wildman–Crippen LogP) is 2.06. The second-order valence-corrected chi connectivity index (χ2v) is 6.35. The highest BCUT2D eigenvalue weighted by Gasteiger charge is 2.19. The maximum absolute atomic E-state index is 12.3. The van der Waals surface area contributed by atoms with Crippen molar-refractivity contribution < 1.29 is 4.74 Å². The number of fused-ring (bicyclic) bond motifs is 1. The third kappa shape index (κ3) is 2.51. The van der Waals surface area contributed by atoms with Crippen LogP contribution in [0.25, 0.3) is 11.3 Å². The van der Waals surface area contributed by atoms with Gasteiger partial charge in [-0.1, -0.05) is 35.6 Å². The number of thiazole rings is 1. The van der Waals surface area contributed by atoms with Gasteiger partial charge in [0.1, 0.15) is 6.61 Å². The Morgan fingerprint density at radius 1 is 1.30 bits per heavy atom. The van der Waals surface area contributed by atoms with Crippen LogP contribution in [0.5, 0.6) is 0 Å². The lowest BCUT2D eigenvalue weighted by Gasteiger charge is -2.16. The molecular weight excluding hydrogens is 312 g/mol. The van der Waals surface area contributed by atoms with Crippen LogP contribution in [-0.2, 0) is 24.4 Å². The first kappa shape index (κ1) is 14.3. The average molecular weight is 328 g/mol. The van der Waals surface area contributed by atoms with E-state index in [4.69, 9.17) is 4.74 Å². The van der Waals surface area contributed by atoms with E-state index in [1.807, 2.05) is 23.6 Å². The fourth-order valence-corrected chi connectivity index (χ4v) is 3.62. The molecule has 0 fully saturated rings. The maximum Gasteiger partial charge on any atom is 0.307 e. The second kappa shape index (κ2) is 5.75. The lowest BCUT2D eigenvalue weighted by Crippen LogP contribution is -2.22. The molecule has 2 aromatic heterocycles. The average Bonchev–Trinajstić information content (AvgIpc) is 3.14. The van der Waals surface area contributed by atoms with Gasteiger partial charge in [0, 0.05) is 17.5 Å². The maximum atomic E-state index is 12.3. The Morgan fingerprint density at radius 3 is 3.04 bits per heavy atom. The molecule has 0 amide bonds. The van der Waals surface area contributed by atoms with Crippen molar-refractivity contribution in [2.24, 2.45) is 0 Å². The molecule has 1 aliphatic heterocycles. The first-order valence-corrected chi connectivity index (χ1v) is 8.35. The molecule has 4 rings (SSSR count). The van der Waals surface area contributed by atoms with Crippen molar-refractivity contribution in [3.05, 3.63) is 56.5 Å². The Kier molecular flexibility index (Phi) is 3.59. The first-order chi connectivity index (χ1) is 11.2. The van der Waals surface area contributed by atoms with Gasteiger partial charge in [-0.05, 0) is 12.5 Å². The molecule has 0 spiro atoms. The molecule has 0 N–H and O–H groups in total. The van der Waals surface area contributed by atoms with Crippen molar-refractivity contribution in [3.8, 4) is 11.3 Å². The highest BCUT2D eigenvalue weighted by atomic mass is 32.1. The number of aryl methyl sites for hydroxylation is 1. The van der Waals surface area contributed by atoms with Gasteiger partial charge in [-0.25, -0.2) is 0 Å². The summed E-state index contributed by atoms with van der Waals surface area (Å²) in [7, 11) is 0. The van der Waals surface area contributed by atoms with Gasteiger partial charge in [-0.2, -0.15) is 0 Å². The van der Waals surface area contributed by atoms with E-state index >= 15 is 0 Å². The Balaban J connectivity index is 1.76. The zero-order chi connectivity index (χ0) is 15.8. The Bertz CT molecular complexity index is 909. The summed E-state index contributed by atoms with van der Waals surface area (Å²) in [5.74, 6) is 1.63. The molecule has 0 unspecified atom stereocenters. The molecule has 0 atom stereocenters. The van der Waals surface area contributed by atoms with Gasteiger partial charge in [0.25, 0.3) is 0 Å². The van der Waals surface area contributed by atoms with Crippen LogP contribution in [-0.4, -0.2) is 25.9 Å². The number of aromatic nitrogens is 4. The number of rotatable bonds is 3. The van der Waals surface area contributed by atoms with Gasteiger partial charge in [0.15, 0.2) is 11.6 Å². The zero-order valence-electron chi connectivity index (χ0n) is 12.7. The molecule has 1 aromatic carbocycles. The topological polar surface area (TPSA) is 61.9 Å². The van der Waals surface area contributed by atoms with Crippen molar-refractivity contribution in [1.29, 1.82) is 0 Å². The van der Waals surface area contributed by atoms with E-state index in [0.717, 1.165) is 35.0 Å². The van der Waals surface area contributed by atoms with E-state index in [1.165, 1.54) is 11.3 Å². The van der Waals surface area contributed by atoms with Crippen molar-refractivity contribution in [3.63, 3.8) is 0 Å². The van der Waals surface area contributed by atoms with Gasteiger partial charge >= 0.3 is 4.87 Å². The molecule has 3 heterocycles. The molecule has 0 radical (unpaired) electrons. The number of hydrogen-bond donors (Lipinski definition) is 0. The van der Waals surface area contributed by atoms with Gasteiger partial charge in [0.05, 0.1) is 18.8 Å². The van der Waals surface area contributed by atoms with Crippen molar-refractivity contribution in [2.75, 3.05) is 6.61 Å². The minimum Gasteiger partial charge on any atom is -0.372 e. The molecule has 0 saturated carbocycles.